The van der Waals surface area contributed by atoms with Gasteiger partial charge in [-0.2, -0.15) is 13.2 Å². The van der Waals surface area contributed by atoms with Crippen molar-refractivity contribution >= 4 is 67.7 Å². The van der Waals surface area contributed by atoms with Gasteiger partial charge in [-0.1, -0.05) is 24.3 Å². The van der Waals surface area contributed by atoms with E-state index in [1.54, 1.807) is 26.8 Å². The molecule has 0 aliphatic rings. The number of ether oxygens (including phenoxy) is 1. The third-order valence-electron chi connectivity index (χ3n) is 4.09. The first-order valence-electron chi connectivity index (χ1n) is 9.37. The molecule has 5 nitrogen and oxygen atoms in total. The van der Waals surface area contributed by atoms with Gasteiger partial charge in [0, 0.05) is 4.70 Å². The van der Waals surface area contributed by atoms with Gasteiger partial charge in [-0.05, 0) is 56.0 Å². The topological polar surface area (TPSA) is 58.6 Å². The predicted molar refractivity (Wildman–Crippen MR) is 132 cm³/mol. The molecule has 1 atom stereocenters. The quantitative estimate of drug-likeness (QED) is 0.254. The molecule has 0 saturated heterocycles. The summed E-state index contributed by atoms with van der Waals surface area (Å²) in [5.74, 6) is -1.40. The van der Waals surface area contributed by atoms with Crippen molar-refractivity contribution in [1.29, 1.82) is 0 Å². The van der Waals surface area contributed by atoms with Crippen molar-refractivity contribution in [1.82, 2.24) is 4.72 Å². The average Bonchev–Trinajstić information content (AvgIpc) is 3.08. The highest BCUT2D eigenvalue weighted by Gasteiger charge is 2.34. The Morgan fingerprint density at radius 1 is 1.12 bits per heavy atom. The van der Waals surface area contributed by atoms with Gasteiger partial charge in [-0.15, -0.1) is 35.3 Å². The highest BCUT2D eigenvalue weighted by atomic mass is 127. The molecule has 0 saturated carbocycles. The molecule has 180 valence electrons. The molecule has 0 fully saturated rings. The Bertz CT molecular complexity index is 1130. The van der Waals surface area contributed by atoms with Gasteiger partial charge < -0.3 is 4.74 Å². The van der Waals surface area contributed by atoms with Gasteiger partial charge in [-0.25, -0.2) is 18.1 Å². The van der Waals surface area contributed by atoms with Gasteiger partial charge in [0.2, 0.25) is 11.2 Å². The summed E-state index contributed by atoms with van der Waals surface area (Å²) in [6, 6.07) is 11.6. The predicted octanol–water partition coefficient (Wildman–Crippen LogP) is 6.79. The molecule has 1 amide bonds. The second-order valence-electron chi connectivity index (χ2n) is 7.82. The van der Waals surface area contributed by atoms with Crippen molar-refractivity contribution in [2.75, 3.05) is 4.31 Å². The third-order valence-corrected chi connectivity index (χ3v) is 6.41. The molecule has 1 N–H and O–H groups in total. The molecule has 1 unspecified atom stereocenters. The van der Waals surface area contributed by atoms with Crippen LogP contribution >= 0.6 is 35.3 Å². The molecule has 0 radical (unpaired) electrons. The average molecular weight is 616 g/mol. The SMILES string of the molecule is CC(C)(C)OC(=O)NS(=O)N(Cc1ccc(F)c(C(F)(F)F)c1)c1cc2ccccc2s1.I. The van der Waals surface area contributed by atoms with Gasteiger partial charge in [0.05, 0.1) is 12.1 Å². The standard InChI is InChI=1S/C21H20F4N2O3S2.HI/c1-20(2,3)30-19(28)26-32(29)27(18-11-14-6-4-5-7-17(14)31-18)12-13-8-9-16(22)15(10-13)21(23,24)25;/h4-11H,12H2,1-3H3,(H,26,28);1H. The number of amides is 1. The summed E-state index contributed by atoms with van der Waals surface area (Å²) in [6.45, 7) is 4.63. The number of carbonyl (C=O) groups is 1. The smallest absolute Gasteiger partial charge is 0.420 e. The van der Waals surface area contributed by atoms with E-state index in [-0.39, 0.29) is 36.1 Å². The van der Waals surface area contributed by atoms with Crippen molar-refractivity contribution in [3.8, 4) is 0 Å². The Kier molecular flexibility index (Phi) is 8.74. The lowest BCUT2D eigenvalue weighted by Crippen LogP contribution is -2.40. The Morgan fingerprint density at radius 3 is 2.39 bits per heavy atom. The van der Waals surface area contributed by atoms with E-state index in [1.165, 1.54) is 21.7 Å². The van der Waals surface area contributed by atoms with Crippen LogP contribution in [-0.2, 0) is 28.6 Å². The van der Waals surface area contributed by atoms with E-state index in [0.717, 1.165) is 10.1 Å². The summed E-state index contributed by atoms with van der Waals surface area (Å²) in [5, 5.41) is 1.28. The minimum Gasteiger partial charge on any atom is -0.443 e. The molecule has 33 heavy (non-hydrogen) atoms. The minimum absolute atomic E-state index is 0. The number of benzene rings is 2. The number of thiophene rings is 1. The number of fused-ring (bicyclic) bond motifs is 1. The number of rotatable bonds is 5. The lowest BCUT2D eigenvalue weighted by molar-refractivity contribution is -0.140. The van der Waals surface area contributed by atoms with Crippen molar-refractivity contribution in [3.63, 3.8) is 0 Å². The largest absolute Gasteiger partial charge is 0.443 e. The van der Waals surface area contributed by atoms with Crippen LogP contribution in [0.3, 0.4) is 0 Å². The fourth-order valence-corrected chi connectivity index (χ4v) is 4.85. The summed E-state index contributed by atoms with van der Waals surface area (Å²) >= 11 is -0.939. The molecule has 12 heteroatoms. The van der Waals surface area contributed by atoms with Crippen LogP contribution in [0, 0.1) is 5.82 Å². The molecule has 3 aromatic rings. The van der Waals surface area contributed by atoms with Crippen LogP contribution in [0.4, 0.5) is 27.4 Å². The molecule has 0 bridgehead atoms. The lowest BCUT2D eigenvalue weighted by atomic mass is 10.1. The van der Waals surface area contributed by atoms with E-state index in [1.807, 2.05) is 24.3 Å². The summed E-state index contributed by atoms with van der Waals surface area (Å²) in [7, 11) is 0. The lowest BCUT2D eigenvalue weighted by Gasteiger charge is -2.24. The maximum Gasteiger partial charge on any atom is 0.420 e. The minimum atomic E-state index is -4.88. The number of anilines is 1. The third kappa shape index (κ3) is 7.27. The monoisotopic (exact) mass is 616 g/mol. The first-order chi connectivity index (χ1) is 14.8. The number of hydrogen-bond acceptors (Lipinski definition) is 4. The Morgan fingerprint density at radius 2 is 1.79 bits per heavy atom. The first-order valence-corrected chi connectivity index (χ1v) is 11.3. The molecule has 0 spiro atoms. The maximum atomic E-state index is 13.7. The molecule has 0 aliphatic carbocycles. The van der Waals surface area contributed by atoms with Gasteiger partial charge in [0.15, 0.2) is 0 Å². The van der Waals surface area contributed by atoms with E-state index < -0.39 is 40.4 Å². The van der Waals surface area contributed by atoms with Crippen LogP contribution in [-0.4, -0.2) is 15.9 Å². The molecule has 2 aromatic carbocycles. The van der Waals surface area contributed by atoms with Crippen LogP contribution < -0.4 is 9.03 Å². The fourth-order valence-electron chi connectivity index (χ4n) is 2.79. The van der Waals surface area contributed by atoms with Crippen LogP contribution in [0.2, 0.25) is 0 Å². The molecule has 1 aromatic heterocycles. The van der Waals surface area contributed by atoms with Gasteiger partial charge in [0.25, 0.3) is 0 Å². The zero-order chi connectivity index (χ0) is 23.7. The Hall–Kier alpha value is -1.93. The first kappa shape index (κ1) is 27.3. The number of alkyl halides is 3. The number of nitrogens with zero attached hydrogens (tertiary/aromatic N) is 1. The summed E-state index contributed by atoms with van der Waals surface area (Å²) < 4.78 is 75.5. The van der Waals surface area contributed by atoms with E-state index in [4.69, 9.17) is 4.74 Å². The van der Waals surface area contributed by atoms with E-state index in [2.05, 4.69) is 4.72 Å². The number of hydrogen-bond donors (Lipinski definition) is 1. The van der Waals surface area contributed by atoms with Crippen molar-refractivity contribution in [2.45, 2.75) is 39.1 Å². The summed E-state index contributed by atoms with van der Waals surface area (Å²) in [6.07, 6.45) is -5.83. The van der Waals surface area contributed by atoms with Crippen molar-refractivity contribution in [2.24, 2.45) is 0 Å². The highest BCUT2D eigenvalue weighted by molar-refractivity contribution is 14.0. The molecule has 3 rings (SSSR count). The van der Waals surface area contributed by atoms with Gasteiger partial charge >= 0.3 is 12.3 Å². The molecule has 0 aliphatic heterocycles. The fraction of sp³-hybridized carbons (Fsp3) is 0.286. The van der Waals surface area contributed by atoms with E-state index >= 15 is 0 Å². The number of halogens is 5. The van der Waals surface area contributed by atoms with Crippen LogP contribution in [0.1, 0.15) is 31.9 Å². The summed E-state index contributed by atoms with van der Waals surface area (Å²) in [4.78, 5) is 12.1. The maximum absolute atomic E-state index is 13.7. The zero-order valence-electron chi connectivity index (χ0n) is 17.7. The van der Waals surface area contributed by atoms with E-state index in [9.17, 15) is 26.6 Å². The second kappa shape index (κ2) is 10.6. The van der Waals surface area contributed by atoms with Crippen molar-refractivity contribution in [3.05, 3.63) is 65.5 Å². The van der Waals surface area contributed by atoms with E-state index in [0.29, 0.717) is 17.1 Å². The Balaban J connectivity index is 0.00000385. The highest BCUT2D eigenvalue weighted by Crippen LogP contribution is 2.35. The van der Waals surface area contributed by atoms with Gasteiger partial charge in [-0.3, -0.25) is 4.31 Å². The molecular formula is C21H21F4IN2O3S2. The van der Waals surface area contributed by atoms with Crippen LogP contribution in [0.25, 0.3) is 10.1 Å². The van der Waals surface area contributed by atoms with Gasteiger partial charge in [0.1, 0.15) is 16.4 Å². The molecular weight excluding hydrogens is 595 g/mol. The zero-order valence-corrected chi connectivity index (χ0v) is 21.7. The van der Waals surface area contributed by atoms with Crippen LogP contribution in [0.5, 0.6) is 0 Å². The van der Waals surface area contributed by atoms with Crippen LogP contribution in [0.15, 0.2) is 48.5 Å². The normalized spacial score (nSPS) is 12.7. The van der Waals surface area contributed by atoms with Crippen molar-refractivity contribution < 1.29 is 31.3 Å². The Labute approximate surface area is 211 Å². The molecule has 1 heterocycles. The number of nitrogens with one attached hydrogen (secondary N) is 1. The number of carbonyl (C=O) groups excluding carboxylic acids is 1. The second-order valence-corrected chi connectivity index (χ2v) is 10.0. The summed E-state index contributed by atoms with van der Waals surface area (Å²) in [5.41, 5.74) is -2.19.